The van der Waals surface area contributed by atoms with Crippen LogP contribution in [-0.2, 0) is 4.74 Å². The van der Waals surface area contributed by atoms with Gasteiger partial charge in [0.1, 0.15) is 17.6 Å². The van der Waals surface area contributed by atoms with E-state index >= 15 is 0 Å². The minimum atomic E-state index is -0.360. The molecule has 0 saturated carbocycles. The van der Waals surface area contributed by atoms with E-state index in [1.165, 1.54) is 12.1 Å². The predicted molar refractivity (Wildman–Crippen MR) is 116 cm³/mol. The van der Waals surface area contributed by atoms with Gasteiger partial charge in [0.05, 0.1) is 24.5 Å². The number of fused-ring (bicyclic) bond motifs is 1. The summed E-state index contributed by atoms with van der Waals surface area (Å²) in [5.74, 6) is -0.427. The second-order valence-electron chi connectivity index (χ2n) is 7.45. The molecular weight excluding hydrogens is 393 g/mol. The molecule has 0 N–H and O–H groups in total. The van der Waals surface area contributed by atoms with Crippen molar-refractivity contribution in [2.45, 2.75) is 6.10 Å². The molecule has 1 saturated heterocycles. The number of carbonyl (C=O) groups is 1. The fourth-order valence-electron chi connectivity index (χ4n) is 3.89. The molecule has 0 spiro atoms. The molecule has 5 rings (SSSR count). The van der Waals surface area contributed by atoms with Gasteiger partial charge in [-0.15, -0.1) is 0 Å². The van der Waals surface area contributed by atoms with Gasteiger partial charge in [-0.1, -0.05) is 42.5 Å². The minimum Gasteiger partial charge on any atom is -0.368 e. The number of halogens is 1. The lowest BCUT2D eigenvalue weighted by Crippen LogP contribution is -2.42. The fraction of sp³-hybridized carbons (Fsp3) is 0.160. The lowest BCUT2D eigenvalue weighted by atomic mass is 10.1. The van der Waals surface area contributed by atoms with E-state index in [-0.39, 0.29) is 17.8 Å². The van der Waals surface area contributed by atoms with Crippen molar-refractivity contribution >= 4 is 16.7 Å². The maximum Gasteiger partial charge on any atom is 0.273 e. The second kappa shape index (κ2) is 8.24. The highest BCUT2D eigenvalue weighted by Gasteiger charge is 2.28. The van der Waals surface area contributed by atoms with Crippen LogP contribution in [0.25, 0.3) is 22.0 Å². The van der Waals surface area contributed by atoms with Crippen LogP contribution in [0.15, 0.2) is 79.0 Å². The summed E-state index contributed by atoms with van der Waals surface area (Å²) >= 11 is 0. The standard InChI is InChI=1S/C25H20FN3O2/c26-19-7-3-6-18(15-19)21-9-4-10-22(28-21)23-16-29(13-14-31-23)25(30)24-20-8-2-1-5-17(20)11-12-27-24/h1-12,15,23H,13-14,16H2/t23-/m0/s1. The third-order valence-corrected chi connectivity index (χ3v) is 5.45. The Morgan fingerprint density at radius 2 is 1.90 bits per heavy atom. The van der Waals surface area contributed by atoms with Gasteiger partial charge < -0.3 is 9.64 Å². The van der Waals surface area contributed by atoms with Crippen LogP contribution in [0, 0.1) is 5.82 Å². The minimum absolute atomic E-state index is 0.119. The zero-order valence-electron chi connectivity index (χ0n) is 16.7. The Morgan fingerprint density at radius 3 is 2.81 bits per heavy atom. The highest BCUT2D eigenvalue weighted by molar-refractivity contribution is 6.05. The SMILES string of the molecule is O=C(c1nccc2ccccc12)N1CCO[C@H](c2cccc(-c3cccc(F)c3)n2)C1. The number of morpholine rings is 1. The number of benzene rings is 2. The largest absolute Gasteiger partial charge is 0.368 e. The smallest absolute Gasteiger partial charge is 0.273 e. The maximum absolute atomic E-state index is 13.6. The second-order valence-corrected chi connectivity index (χ2v) is 7.45. The van der Waals surface area contributed by atoms with Crippen LogP contribution < -0.4 is 0 Å². The summed E-state index contributed by atoms with van der Waals surface area (Å²) in [7, 11) is 0. The quantitative estimate of drug-likeness (QED) is 0.491. The molecule has 0 aliphatic carbocycles. The zero-order valence-corrected chi connectivity index (χ0v) is 16.7. The van der Waals surface area contributed by atoms with E-state index in [9.17, 15) is 9.18 Å². The number of aromatic nitrogens is 2. The molecule has 0 bridgehead atoms. The number of rotatable bonds is 3. The molecule has 5 nitrogen and oxygen atoms in total. The van der Waals surface area contributed by atoms with Crippen molar-refractivity contribution in [2.24, 2.45) is 0 Å². The van der Waals surface area contributed by atoms with Crippen LogP contribution in [0.1, 0.15) is 22.3 Å². The first-order valence-corrected chi connectivity index (χ1v) is 10.2. The predicted octanol–water partition coefficient (Wildman–Crippen LogP) is 4.65. The topological polar surface area (TPSA) is 55.3 Å². The highest BCUT2D eigenvalue weighted by Crippen LogP contribution is 2.26. The van der Waals surface area contributed by atoms with Crippen LogP contribution in [-0.4, -0.2) is 40.5 Å². The van der Waals surface area contributed by atoms with Crippen LogP contribution in [0.3, 0.4) is 0 Å². The first kappa shape index (κ1) is 19.3. The molecule has 0 radical (unpaired) electrons. The van der Waals surface area contributed by atoms with E-state index in [1.807, 2.05) is 54.6 Å². The summed E-state index contributed by atoms with van der Waals surface area (Å²) in [5, 5.41) is 1.82. The van der Waals surface area contributed by atoms with Crippen LogP contribution >= 0.6 is 0 Å². The molecule has 6 heteroatoms. The molecule has 1 atom stereocenters. The van der Waals surface area contributed by atoms with Gasteiger partial charge in [-0.25, -0.2) is 9.37 Å². The van der Waals surface area contributed by atoms with Crippen molar-refractivity contribution in [3.63, 3.8) is 0 Å². The van der Waals surface area contributed by atoms with Crippen LogP contribution in [0.2, 0.25) is 0 Å². The monoisotopic (exact) mass is 413 g/mol. The Morgan fingerprint density at radius 1 is 1.03 bits per heavy atom. The lowest BCUT2D eigenvalue weighted by Gasteiger charge is -2.32. The summed E-state index contributed by atoms with van der Waals surface area (Å²) < 4.78 is 19.5. The van der Waals surface area contributed by atoms with E-state index in [4.69, 9.17) is 4.74 Å². The molecule has 1 aliphatic rings. The number of hydrogen-bond donors (Lipinski definition) is 0. The van der Waals surface area contributed by atoms with Gasteiger partial charge in [-0.05, 0) is 35.7 Å². The summed E-state index contributed by atoms with van der Waals surface area (Å²) in [6.45, 7) is 1.28. The molecule has 2 aromatic heterocycles. The van der Waals surface area contributed by atoms with Crippen molar-refractivity contribution in [2.75, 3.05) is 19.7 Å². The molecule has 3 heterocycles. The van der Waals surface area contributed by atoms with Crippen molar-refractivity contribution in [1.29, 1.82) is 0 Å². The molecule has 2 aromatic carbocycles. The molecule has 1 amide bonds. The zero-order chi connectivity index (χ0) is 21.2. The molecule has 4 aromatic rings. The summed E-state index contributed by atoms with van der Waals surface area (Å²) in [6, 6.07) is 21.6. The number of ether oxygens (including phenoxy) is 1. The number of hydrogen-bond acceptors (Lipinski definition) is 4. The Balaban J connectivity index is 1.41. The Labute approximate surface area is 179 Å². The first-order valence-electron chi connectivity index (χ1n) is 10.2. The number of pyridine rings is 2. The number of carbonyl (C=O) groups excluding carboxylic acids is 1. The maximum atomic E-state index is 13.6. The summed E-state index contributed by atoms with van der Waals surface area (Å²) in [4.78, 5) is 24.1. The third kappa shape index (κ3) is 3.90. The van der Waals surface area contributed by atoms with Crippen molar-refractivity contribution in [1.82, 2.24) is 14.9 Å². The first-order chi connectivity index (χ1) is 15.2. The van der Waals surface area contributed by atoms with Gasteiger partial charge in [0.15, 0.2) is 0 Å². The summed E-state index contributed by atoms with van der Waals surface area (Å²) in [6.07, 6.45) is 1.30. The van der Waals surface area contributed by atoms with Crippen molar-refractivity contribution in [3.05, 3.63) is 96.2 Å². The van der Waals surface area contributed by atoms with Gasteiger partial charge in [0.2, 0.25) is 0 Å². The fourth-order valence-corrected chi connectivity index (χ4v) is 3.89. The van der Waals surface area contributed by atoms with E-state index in [2.05, 4.69) is 9.97 Å². The average molecular weight is 413 g/mol. The number of amides is 1. The van der Waals surface area contributed by atoms with Crippen molar-refractivity contribution < 1.29 is 13.9 Å². The Bertz CT molecular complexity index is 1250. The van der Waals surface area contributed by atoms with Gasteiger partial charge in [0.25, 0.3) is 5.91 Å². The van der Waals surface area contributed by atoms with E-state index in [0.29, 0.717) is 42.3 Å². The van der Waals surface area contributed by atoms with Crippen LogP contribution in [0.4, 0.5) is 4.39 Å². The van der Waals surface area contributed by atoms with Gasteiger partial charge in [-0.2, -0.15) is 0 Å². The molecule has 1 aliphatic heterocycles. The highest BCUT2D eigenvalue weighted by atomic mass is 19.1. The molecule has 1 fully saturated rings. The van der Waals surface area contributed by atoms with Crippen molar-refractivity contribution in [3.8, 4) is 11.3 Å². The van der Waals surface area contributed by atoms with E-state index < -0.39 is 0 Å². The normalized spacial score (nSPS) is 16.4. The van der Waals surface area contributed by atoms with Crippen LogP contribution in [0.5, 0.6) is 0 Å². The molecule has 154 valence electrons. The number of nitrogens with zero attached hydrogens (tertiary/aromatic N) is 3. The summed E-state index contributed by atoms with van der Waals surface area (Å²) in [5.41, 5.74) is 2.52. The third-order valence-electron chi connectivity index (χ3n) is 5.45. The van der Waals surface area contributed by atoms with Gasteiger partial charge in [-0.3, -0.25) is 9.78 Å². The Kier molecular flexibility index (Phi) is 5.14. The van der Waals surface area contributed by atoms with Gasteiger partial charge >= 0.3 is 0 Å². The average Bonchev–Trinajstić information content (AvgIpc) is 2.83. The Hall–Kier alpha value is -3.64. The van der Waals surface area contributed by atoms with Gasteiger partial charge in [0, 0.05) is 23.7 Å². The molecular formula is C25H20FN3O2. The van der Waals surface area contributed by atoms with E-state index in [0.717, 1.165) is 10.8 Å². The lowest BCUT2D eigenvalue weighted by molar-refractivity contribution is -0.0248. The van der Waals surface area contributed by atoms with E-state index in [1.54, 1.807) is 17.2 Å². The molecule has 0 unspecified atom stereocenters. The molecule has 31 heavy (non-hydrogen) atoms.